The first kappa shape index (κ1) is 9.98. The monoisotopic (exact) mass is 186 g/mol. The minimum atomic E-state index is -0.984. The fraction of sp³-hybridized carbons (Fsp3) is 0.750. The average Bonchev–Trinajstić information content (AvgIpc) is 2.19. The highest BCUT2D eigenvalue weighted by molar-refractivity contribution is 5.85. The number of likely N-dealkylation sites (tertiary alicyclic amines) is 1. The highest BCUT2D eigenvalue weighted by Crippen LogP contribution is 2.09. The molecule has 0 saturated carbocycles. The van der Waals surface area contributed by atoms with Gasteiger partial charge in [-0.2, -0.15) is 0 Å². The molecule has 1 saturated heterocycles. The van der Waals surface area contributed by atoms with Crippen LogP contribution in [0.1, 0.15) is 19.3 Å². The largest absolute Gasteiger partial charge is 0.480 e. The van der Waals surface area contributed by atoms with Gasteiger partial charge in [0.25, 0.3) is 0 Å². The summed E-state index contributed by atoms with van der Waals surface area (Å²) in [5.74, 6) is -1.22. The van der Waals surface area contributed by atoms with Crippen molar-refractivity contribution in [2.75, 3.05) is 13.1 Å². The van der Waals surface area contributed by atoms with E-state index in [2.05, 4.69) is 0 Å². The summed E-state index contributed by atoms with van der Waals surface area (Å²) in [4.78, 5) is 23.1. The maximum absolute atomic E-state index is 11.4. The summed E-state index contributed by atoms with van der Waals surface area (Å²) in [6.07, 6.45) is 2.39. The first-order valence-corrected chi connectivity index (χ1v) is 4.37. The summed E-state index contributed by atoms with van der Waals surface area (Å²) in [7, 11) is 0. The van der Waals surface area contributed by atoms with Crippen LogP contribution in [0.5, 0.6) is 0 Å². The van der Waals surface area contributed by atoms with Gasteiger partial charge in [0.1, 0.15) is 6.54 Å². The first-order valence-electron chi connectivity index (χ1n) is 4.37. The second-order valence-electron chi connectivity index (χ2n) is 3.26. The molecule has 0 aromatic carbocycles. The number of aliphatic carboxylic acids is 1. The van der Waals surface area contributed by atoms with Crippen molar-refractivity contribution in [2.24, 2.45) is 5.73 Å². The van der Waals surface area contributed by atoms with Crippen molar-refractivity contribution in [1.82, 2.24) is 4.90 Å². The number of carboxylic acid groups (broad SMARTS) is 1. The zero-order valence-corrected chi connectivity index (χ0v) is 7.40. The number of carbonyl (C=O) groups is 2. The van der Waals surface area contributed by atoms with E-state index in [-0.39, 0.29) is 12.5 Å². The number of rotatable bonds is 2. The Morgan fingerprint density at radius 2 is 2.31 bits per heavy atom. The van der Waals surface area contributed by atoms with Crippen LogP contribution in [0.3, 0.4) is 0 Å². The number of amides is 1. The van der Waals surface area contributed by atoms with Crippen LogP contribution in [-0.4, -0.2) is 41.0 Å². The average molecular weight is 186 g/mol. The molecule has 1 aliphatic heterocycles. The van der Waals surface area contributed by atoms with E-state index in [1.54, 1.807) is 0 Å². The molecule has 1 fully saturated rings. The molecular weight excluding hydrogens is 172 g/mol. The van der Waals surface area contributed by atoms with Crippen molar-refractivity contribution >= 4 is 11.9 Å². The van der Waals surface area contributed by atoms with Gasteiger partial charge in [0, 0.05) is 6.54 Å². The van der Waals surface area contributed by atoms with E-state index in [0.29, 0.717) is 13.0 Å². The molecule has 0 aromatic heterocycles. The van der Waals surface area contributed by atoms with Crippen molar-refractivity contribution in [3.63, 3.8) is 0 Å². The van der Waals surface area contributed by atoms with Gasteiger partial charge in [0.15, 0.2) is 0 Å². The van der Waals surface area contributed by atoms with Crippen LogP contribution in [0.15, 0.2) is 0 Å². The Labute approximate surface area is 76.5 Å². The minimum absolute atomic E-state index is 0.230. The number of carbonyl (C=O) groups excluding carboxylic acids is 1. The normalized spacial score (nSPS) is 24.2. The van der Waals surface area contributed by atoms with Crippen LogP contribution in [0.25, 0.3) is 0 Å². The van der Waals surface area contributed by atoms with Gasteiger partial charge in [-0.15, -0.1) is 0 Å². The van der Waals surface area contributed by atoms with Gasteiger partial charge >= 0.3 is 5.97 Å². The predicted octanol–water partition coefficient (Wildman–Crippen LogP) is -0.589. The molecule has 0 aromatic rings. The molecule has 1 amide bonds. The van der Waals surface area contributed by atoms with Gasteiger partial charge in [-0.1, -0.05) is 0 Å². The molecule has 1 heterocycles. The molecule has 1 rings (SSSR count). The number of hydrogen-bond acceptors (Lipinski definition) is 3. The maximum Gasteiger partial charge on any atom is 0.323 e. The van der Waals surface area contributed by atoms with Crippen LogP contribution in [-0.2, 0) is 9.59 Å². The number of nitrogens with zero attached hydrogens (tertiary/aromatic N) is 1. The van der Waals surface area contributed by atoms with E-state index < -0.39 is 12.0 Å². The molecular formula is C8H14N2O3. The molecule has 5 nitrogen and oxygen atoms in total. The second-order valence-corrected chi connectivity index (χ2v) is 3.26. The smallest absolute Gasteiger partial charge is 0.323 e. The highest BCUT2D eigenvalue weighted by atomic mass is 16.4. The number of carboxylic acids is 1. The summed E-state index contributed by atoms with van der Waals surface area (Å²) in [5.41, 5.74) is 5.56. The van der Waals surface area contributed by atoms with Crippen molar-refractivity contribution in [3.8, 4) is 0 Å². The molecule has 1 aliphatic rings. The predicted molar refractivity (Wildman–Crippen MR) is 46.0 cm³/mol. The molecule has 1 unspecified atom stereocenters. The third kappa shape index (κ3) is 2.69. The van der Waals surface area contributed by atoms with Gasteiger partial charge < -0.3 is 15.7 Å². The highest BCUT2D eigenvalue weighted by Gasteiger charge is 2.24. The van der Waals surface area contributed by atoms with E-state index in [9.17, 15) is 9.59 Å². The fourth-order valence-corrected chi connectivity index (χ4v) is 1.46. The molecule has 0 radical (unpaired) electrons. The van der Waals surface area contributed by atoms with Crippen LogP contribution >= 0.6 is 0 Å². The first-order chi connectivity index (χ1) is 6.11. The van der Waals surface area contributed by atoms with Gasteiger partial charge in [0.05, 0.1) is 6.04 Å². The third-order valence-corrected chi connectivity index (χ3v) is 2.15. The molecule has 0 aliphatic carbocycles. The van der Waals surface area contributed by atoms with Crippen molar-refractivity contribution in [1.29, 1.82) is 0 Å². The zero-order valence-electron chi connectivity index (χ0n) is 7.40. The molecule has 1 atom stereocenters. The topological polar surface area (TPSA) is 83.6 Å². The third-order valence-electron chi connectivity index (χ3n) is 2.15. The van der Waals surface area contributed by atoms with E-state index >= 15 is 0 Å². The van der Waals surface area contributed by atoms with Crippen molar-refractivity contribution in [2.45, 2.75) is 25.3 Å². The Morgan fingerprint density at radius 3 is 2.92 bits per heavy atom. The SMILES string of the molecule is NC1CCCCN(CC(=O)O)C1=O. The quantitative estimate of drug-likeness (QED) is 0.603. The second kappa shape index (κ2) is 4.23. The Balaban J connectivity index is 2.59. The summed E-state index contributed by atoms with van der Waals surface area (Å²) in [6, 6.07) is -0.512. The van der Waals surface area contributed by atoms with E-state index in [0.717, 1.165) is 12.8 Å². The zero-order chi connectivity index (χ0) is 9.84. The van der Waals surface area contributed by atoms with E-state index in [1.165, 1.54) is 4.90 Å². The minimum Gasteiger partial charge on any atom is -0.480 e. The lowest BCUT2D eigenvalue weighted by Crippen LogP contribution is -2.44. The van der Waals surface area contributed by atoms with Crippen LogP contribution in [0, 0.1) is 0 Å². The van der Waals surface area contributed by atoms with Gasteiger partial charge in [-0.3, -0.25) is 9.59 Å². The fourth-order valence-electron chi connectivity index (χ4n) is 1.46. The Kier molecular flexibility index (Phi) is 3.25. The van der Waals surface area contributed by atoms with Gasteiger partial charge in [-0.25, -0.2) is 0 Å². The Morgan fingerprint density at radius 1 is 1.62 bits per heavy atom. The molecule has 0 spiro atoms. The molecule has 3 N–H and O–H groups in total. The van der Waals surface area contributed by atoms with Crippen LogP contribution in [0.4, 0.5) is 0 Å². The van der Waals surface area contributed by atoms with Crippen molar-refractivity contribution in [3.05, 3.63) is 0 Å². The Bertz CT molecular complexity index is 217. The molecule has 0 bridgehead atoms. The Hall–Kier alpha value is -1.10. The number of nitrogens with two attached hydrogens (primary N) is 1. The van der Waals surface area contributed by atoms with Gasteiger partial charge in [-0.05, 0) is 19.3 Å². The lowest BCUT2D eigenvalue weighted by atomic mass is 10.1. The summed E-state index contributed by atoms with van der Waals surface area (Å²) >= 11 is 0. The lowest BCUT2D eigenvalue weighted by Gasteiger charge is -2.20. The molecule has 5 heteroatoms. The van der Waals surface area contributed by atoms with Crippen LogP contribution < -0.4 is 5.73 Å². The van der Waals surface area contributed by atoms with E-state index in [1.807, 2.05) is 0 Å². The maximum atomic E-state index is 11.4. The van der Waals surface area contributed by atoms with E-state index in [4.69, 9.17) is 10.8 Å². The standard InChI is InChI=1S/C8H14N2O3/c9-6-3-1-2-4-10(8(6)13)5-7(11)12/h6H,1-5,9H2,(H,11,12). The summed E-state index contributed by atoms with van der Waals surface area (Å²) < 4.78 is 0. The number of hydrogen-bond donors (Lipinski definition) is 2. The van der Waals surface area contributed by atoms with Gasteiger partial charge in [0.2, 0.25) is 5.91 Å². The summed E-state index contributed by atoms with van der Waals surface area (Å²) in [5, 5.41) is 8.53. The summed E-state index contributed by atoms with van der Waals surface area (Å²) in [6.45, 7) is 0.283. The molecule has 74 valence electrons. The molecule has 13 heavy (non-hydrogen) atoms. The van der Waals surface area contributed by atoms with Crippen molar-refractivity contribution < 1.29 is 14.7 Å². The van der Waals surface area contributed by atoms with Crippen LogP contribution in [0.2, 0.25) is 0 Å². The lowest BCUT2D eigenvalue weighted by molar-refractivity contribution is -0.144.